The maximum absolute atomic E-state index is 11.7. The fourth-order valence-electron chi connectivity index (χ4n) is 1.25. The van der Waals surface area contributed by atoms with Gasteiger partial charge in [0.05, 0.1) is 5.75 Å². The summed E-state index contributed by atoms with van der Waals surface area (Å²) in [5.74, 6) is 0.774. The van der Waals surface area contributed by atoms with Crippen molar-refractivity contribution in [1.82, 2.24) is 4.72 Å². The molecule has 98 valence electrons. The second-order valence-corrected chi connectivity index (χ2v) is 7.73. The second-order valence-electron chi connectivity index (χ2n) is 5.48. The van der Waals surface area contributed by atoms with Crippen LogP contribution in [0.4, 0.5) is 0 Å². The van der Waals surface area contributed by atoms with E-state index in [0.29, 0.717) is 12.3 Å². The lowest BCUT2D eigenvalue weighted by atomic mass is 9.94. The normalized spacial score (nSPS) is 15.1. The van der Waals surface area contributed by atoms with Crippen molar-refractivity contribution in [2.45, 2.75) is 53.0 Å². The van der Waals surface area contributed by atoms with Crippen LogP contribution < -0.4 is 4.72 Å². The molecule has 0 fully saturated rings. The van der Waals surface area contributed by atoms with Gasteiger partial charge in [0.1, 0.15) is 0 Å². The molecule has 0 aromatic carbocycles. The lowest BCUT2D eigenvalue weighted by Gasteiger charge is -2.19. The molecule has 3 nitrogen and oxygen atoms in total. The summed E-state index contributed by atoms with van der Waals surface area (Å²) in [7, 11) is -3.14. The molecule has 0 radical (unpaired) electrons. The molecule has 0 amide bonds. The van der Waals surface area contributed by atoms with Gasteiger partial charge < -0.3 is 0 Å². The first kappa shape index (κ1) is 16.2. The lowest BCUT2D eigenvalue weighted by molar-refractivity contribution is 0.395. The molecule has 5 heteroatoms. The molecule has 0 aliphatic carbocycles. The maximum Gasteiger partial charge on any atom is 0.211 e. The van der Waals surface area contributed by atoms with Crippen molar-refractivity contribution in [1.29, 1.82) is 0 Å². The fourth-order valence-corrected chi connectivity index (χ4v) is 3.13. The highest BCUT2D eigenvalue weighted by atomic mass is 35.5. The molecular weight excluding hydrogens is 246 g/mol. The zero-order chi connectivity index (χ0) is 12.8. The van der Waals surface area contributed by atoms with Gasteiger partial charge in [0.25, 0.3) is 0 Å². The Morgan fingerprint density at radius 2 is 1.88 bits per heavy atom. The van der Waals surface area contributed by atoms with Crippen LogP contribution in [0.15, 0.2) is 0 Å². The highest BCUT2D eigenvalue weighted by molar-refractivity contribution is 7.89. The van der Waals surface area contributed by atoms with E-state index >= 15 is 0 Å². The number of halogens is 1. The van der Waals surface area contributed by atoms with Gasteiger partial charge in [0.2, 0.25) is 10.0 Å². The van der Waals surface area contributed by atoms with E-state index in [4.69, 9.17) is 11.6 Å². The zero-order valence-electron chi connectivity index (χ0n) is 10.7. The summed E-state index contributed by atoms with van der Waals surface area (Å²) >= 11 is 5.56. The second kappa shape index (κ2) is 6.82. The van der Waals surface area contributed by atoms with Gasteiger partial charge in [0, 0.05) is 11.9 Å². The third kappa shape index (κ3) is 9.43. The highest BCUT2D eigenvalue weighted by Gasteiger charge is 2.18. The summed E-state index contributed by atoms with van der Waals surface area (Å²) in [6.45, 7) is 8.00. The van der Waals surface area contributed by atoms with Gasteiger partial charge in [-0.2, -0.15) is 0 Å². The van der Waals surface area contributed by atoms with E-state index < -0.39 is 10.0 Å². The van der Waals surface area contributed by atoms with Crippen molar-refractivity contribution in [3.05, 3.63) is 0 Å². The van der Waals surface area contributed by atoms with E-state index in [1.54, 1.807) is 0 Å². The molecule has 0 rings (SSSR count). The Labute approximate surface area is 105 Å². The van der Waals surface area contributed by atoms with Crippen molar-refractivity contribution in [2.24, 2.45) is 5.41 Å². The Morgan fingerprint density at radius 3 is 2.31 bits per heavy atom. The first-order valence-electron chi connectivity index (χ1n) is 5.72. The lowest BCUT2D eigenvalue weighted by Crippen LogP contribution is -2.35. The quantitative estimate of drug-likeness (QED) is 0.723. The van der Waals surface area contributed by atoms with Gasteiger partial charge in [-0.25, -0.2) is 13.1 Å². The van der Waals surface area contributed by atoms with Crippen molar-refractivity contribution >= 4 is 21.6 Å². The van der Waals surface area contributed by atoms with Crippen LogP contribution >= 0.6 is 11.6 Å². The van der Waals surface area contributed by atoms with Gasteiger partial charge in [-0.15, -0.1) is 11.6 Å². The Balaban J connectivity index is 4.05. The van der Waals surface area contributed by atoms with E-state index in [2.05, 4.69) is 4.72 Å². The van der Waals surface area contributed by atoms with Crippen molar-refractivity contribution < 1.29 is 8.42 Å². The summed E-state index contributed by atoms with van der Waals surface area (Å²) in [6.07, 6.45) is 2.30. The van der Waals surface area contributed by atoms with Gasteiger partial charge >= 0.3 is 0 Å². The Hall–Kier alpha value is 0.200. The van der Waals surface area contributed by atoms with Crippen LogP contribution in [0.3, 0.4) is 0 Å². The summed E-state index contributed by atoms with van der Waals surface area (Å²) in [5, 5.41) is 0. The summed E-state index contributed by atoms with van der Waals surface area (Å²) in [6, 6.07) is -0.0243. The molecule has 1 unspecified atom stereocenters. The average Bonchev–Trinajstić information content (AvgIpc) is 2.10. The van der Waals surface area contributed by atoms with Crippen molar-refractivity contribution in [2.75, 3.05) is 11.6 Å². The number of sulfonamides is 1. The minimum absolute atomic E-state index is 0.0243. The number of hydrogen-bond acceptors (Lipinski definition) is 2. The van der Waals surface area contributed by atoms with E-state index in [9.17, 15) is 8.42 Å². The molecule has 0 aliphatic heterocycles. The topological polar surface area (TPSA) is 46.2 Å². The molecule has 0 aromatic heterocycles. The molecule has 1 N–H and O–H groups in total. The average molecular weight is 270 g/mol. The molecule has 0 aliphatic rings. The van der Waals surface area contributed by atoms with E-state index in [1.165, 1.54) is 0 Å². The van der Waals surface area contributed by atoms with Crippen LogP contribution in [0, 0.1) is 5.41 Å². The minimum Gasteiger partial charge on any atom is -0.212 e. The van der Waals surface area contributed by atoms with Gasteiger partial charge in [0.15, 0.2) is 0 Å². The first-order chi connectivity index (χ1) is 7.16. The number of alkyl halides is 1. The van der Waals surface area contributed by atoms with E-state index in [1.807, 2.05) is 27.7 Å². The standard InChI is InChI=1S/C11H24ClNO2S/c1-10(6-5-8-12)13-16(14,15)9-7-11(2,3)4/h10,13H,5-9H2,1-4H3. The van der Waals surface area contributed by atoms with E-state index in [0.717, 1.165) is 12.8 Å². The third-order valence-electron chi connectivity index (χ3n) is 2.27. The molecule has 16 heavy (non-hydrogen) atoms. The molecular formula is C11H24ClNO2S. The molecule has 0 saturated carbocycles. The van der Waals surface area contributed by atoms with Crippen LogP contribution in [0.5, 0.6) is 0 Å². The molecule has 0 spiro atoms. The van der Waals surface area contributed by atoms with E-state index in [-0.39, 0.29) is 17.2 Å². The van der Waals surface area contributed by atoms with Crippen LogP contribution in [-0.2, 0) is 10.0 Å². The number of nitrogens with one attached hydrogen (secondary N) is 1. The maximum atomic E-state index is 11.7. The fraction of sp³-hybridized carbons (Fsp3) is 1.00. The van der Waals surface area contributed by atoms with Crippen molar-refractivity contribution in [3.63, 3.8) is 0 Å². The summed E-state index contributed by atoms with van der Waals surface area (Å²) in [4.78, 5) is 0. The van der Waals surface area contributed by atoms with Crippen LogP contribution in [0.2, 0.25) is 0 Å². The monoisotopic (exact) mass is 269 g/mol. The number of rotatable bonds is 7. The Kier molecular flexibility index (Phi) is 6.90. The molecule has 0 heterocycles. The van der Waals surface area contributed by atoms with Crippen LogP contribution in [0.25, 0.3) is 0 Å². The molecule has 0 aromatic rings. The largest absolute Gasteiger partial charge is 0.212 e. The van der Waals surface area contributed by atoms with Crippen LogP contribution in [-0.4, -0.2) is 26.1 Å². The Bertz CT molecular complexity index is 283. The number of hydrogen-bond donors (Lipinski definition) is 1. The predicted molar refractivity (Wildman–Crippen MR) is 70.4 cm³/mol. The molecule has 0 bridgehead atoms. The molecule has 0 saturated heterocycles. The predicted octanol–water partition coefficient (Wildman–Crippen LogP) is 2.75. The molecule has 1 atom stereocenters. The van der Waals surface area contributed by atoms with Gasteiger partial charge in [-0.05, 0) is 31.6 Å². The third-order valence-corrected chi connectivity index (χ3v) is 4.04. The smallest absolute Gasteiger partial charge is 0.211 e. The zero-order valence-corrected chi connectivity index (χ0v) is 12.3. The van der Waals surface area contributed by atoms with Crippen molar-refractivity contribution in [3.8, 4) is 0 Å². The minimum atomic E-state index is -3.14. The van der Waals surface area contributed by atoms with Crippen LogP contribution in [0.1, 0.15) is 47.0 Å². The Morgan fingerprint density at radius 1 is 1.31 bits per heavy atom. The van der Waals surface area contributed by atoms with Gasteiger partial charge in [-0.1, -0.05) is 20.8 Å². The first-order valence-corrected chi connectivity index (χ1v) is 7.91. The SMILES string of the molecule is CC(CCCCl)NS(=O)(=O)CCC(C)(C)C. The van der Waals surface area contributed by atoms with Gasteiger partial charge in [-0.3, -0.25) is 0 Å². The highest BCUT2D eigenvalue weighted by Crippen LogP contribution is 2.19. The summed E-state index contributed by atoms with van der Waals surface area (Å²) < 4.78 is 26.1. The summed E-state index contributed by atoms with van der Waals surface area (Å²) in [5.41, 5.74) is 0.0497.